The molecule has 1 amide bonds. The third-order valence-electron chi connectivity index (χ3n) is 3.69. The number of hydrogen-bond acceptors (Lipinski definition) is 3. The van der Waals surface area contributed by atoms with Crippen LogP contribution in [-0.2, 0) is 11.2 Å². The second-order valence-corrected chi connectivity index (χ2v) is 5.16. The lowest BCUT2D eigenvalue weighted by Crippen LogP contribution is -2.15. The number of ether oxygens (including phenoxy) is 2. The van der Waals surface area contributed by atoms with E-state index in [1.165, 1.54) is 0 Å². The van der Waals surface area contributed by atoms with Crippen LogP contribution in [0.2, 0.25) is 0 Å². The second kappa shape index (κ2) is 6.98. The Balaban J connectivity index is 2.10. The zero-order valence-corrected chi connectivity index (χ0v) is 13.4. The highest BCUT2D eigenvalue weighted by atomic mass is 16.5. The number of hydrogen-bond donors (Lipinski definition) is 1. The Morgan fingerprint density at radius 1 is 1.05 bits per heavy atom. The molecule has 2 aromatic carbocycles. The van der Waals surface area contributed by atoms with Gasteiger partial charge in [0, 0.05) is 5.69 Å². The molecule has 0 aliphatic heterocycles. The van der Waals surface area contributed by atoms with E-state index < -0.39 is 0 Å². The van der Waals surface area contributed by atoms with E-state index in [2.05, 4.69) is 5.32 Å². The van der Waals surface area contributed by atoms with Gasteiger partial charge in [-0.25, -0.2) is 0 Å². The van der Waals surface area contributed by atoms with Crippen molar-refractivity contribution in [3.8, 4) is 11.5 Å². The summed E-state index contributed by atoms with van der Waals surface area (Å²) in [4.78, 5) is 12.2. The van der Waals surface area contributed by atoms with Crippen molar-refractivity contribution in [3.63, 3.8) is 0 Å². The number of aryl methyl sites for hydroxylation is 1. The first kappa shape index (κ1) is 15.9. The summed E-state index contributed by atoms with van der Waals surface area (Å²) in [5.41, 5.74) is 3.97. The number of amides is 1. The molecular weight excluding hydrogens is 278 g/mol. The van der Waals surface area contributed by atoms with Gasteiger partial charge in [-0.15, -0.1) is 0 Å². The zero-order valence-electron chi connectivity index (χ0n) is 13.4. The minimum absolute atomic E-state index is 0.0547. The van der Waals surface area contributed by atoms with E-state index in [-0.39, 0.29) is 12.3 Å². The summed E-state index contributed by atoms with van der Waals surface area (Å²) in [5.74, 6) is 1.22. The van der Waals surface area contributed by atoms with Crippen molar-refractivity contribution in [3.05, 3.63) is 53.1 Å². The van der Waals surface area contributed by atoms with E-state index in [1.807, 2.05) is 44.2 Å². The summed E-state index contributed by atoms with van der Waals surface area (Å²) in [7, 11) is 3.17. The number of carbonyl (C=O) groups is 1. The molecule has 0 unspecified atom stereocenters. The molecule has 0 spiro atoms. The van der Waals surface area contributed by atoms with Crippen LogP contribution in [0.25, 0.3) is 0 Å². The normalized spacial score (nSPS) is 10.2. The van der Waals surface area contributed by atoms with Crippen molar-refractivity contribution in [2.24, 2.45) is 0 Å². The summed E-state index contributed by atoms with van der Waals surface area (Å²) in [5, 5.41) is 2.95. The van der Waals surface area contributed by atoms with Crippen molar-refractivity contribution in [1.29, 1.82) is 0 Å². The maximum absolute atomic E-state index is 12.2. The Labute approximate surface area is 131 Å². The quantitative estimate of drug-likeness (QED) is 0.919. The highest BCUT2D eigenvalue weighted by molar-refractivity contribution is 5.93. The molecule has 0 saturated heterocycles. The fraction of sp³-hybridized carbons (Fsp3) is 0.278. The van der Waals surface area contributed by atoms with Gasteiger partial charge in [0.2, 0.25) is 5.91 Å². The average Bonchev–Trinajstić information content (AvgIpc) is 2.51. The molecule has 0 aliphatic carbocycles. The molecular formula is C18H21NO3. The molecule has 0 aliphatic rings. The van der Waals surface area contributed by atoms with Crippen LogP contribution >= 0.6 is 0 Å². The van der Waals surface area contributed by atoms with Crippen LogP contribution in [0.15, 0.2) is 36.4 Å². The highest BCUT2D eigenvalue weighted by Gasteiger charge is 2.10. The smallest absolute Gasteiger partial charge is 0.228 e. The van der Waals surface area contributed by atoms with Gasteiger partial charge in [-0.05, 0) is 48.7 Å². The Kier molecular flexibility index (Phi) is 5.04. The third kappa shape index (κ3) is 3.58. The van der Waals surface area contributed by atoms with Gasteiger partial charge in [-0.1, -0.05) is 18.2 Å². The predicted octanol–water partition coefficient (Wildman–Crippen LogP) is 3.50. The lowest BCUT2D eigenvalue weighted by atomic mass is 10.1. The van der Waals surface area contributed by atoms with Gasteiger partial charge in [0.05, 0.1) is 20.6 Å². The van der Waals surface area contributed by atoms with Crippen molar-refractivity contribution in [1.82, 2.24) is 0 Å². The number of rotatable bonds is 5. The molecule has 0 heterocycles. The molecule has 0 radical (unpaired) electrons. The standard InChI is InChI=1S/C18H21NO3/c1-12-6-5-7-15(13(12)2)19-18(20)11-14-8-9-16(21-3)17(10-14)22-4/h5-10H,11H2,1-4H3,(H,19,20). The minimum Gasteiger partial charge on any atom is -0.493 e. The van der Waals surface area contributed by atoms with Gasteiger partial charge in [0.1, 0.15) is 0 Å². The molecule has 116 valence electrons. The van der Waals surface area contributed by atoms with Crippen molar-refractivity contribution in [2.75, 3.05) is 19.5 Å². The predicted molar refractivity (Wildman–Crippen MR) is 87.8 cm³/mol. The Morgan fingerprint density at radius 2 is 1.77 bits per heavy atom. The first-order valence-corrected chi connectivity index (χ1v) is 7.12. The van der Waals surface area contributed by atoms with Crippen LogP contribution in [0, 0.1) is 13.8 Å². The molecule has 0 bridgehead atoms. The minimum atomic E-state index is -0.0547. The van der Waals surface area contributed by atoms with E-state index >= 15 is 0 Å². The summed E-state index contributed by atoms with van der Waals surface area (Å²) in [6.45, 7) is 4.03. The average molecular weight is 299 g/mol. The van der Waals surface area contributed by atoms with Crippen LogP contribution in [0.5, 0.6) is 11.5 Å². The summed E-state index contributed by atoms with van der Waals surface area (Å²) in [6, 6.07) is 11.4. The monoisotopic (exact) mass is 299 g/mol. The van der Waals surface area contributed by atoms with Crippen LogP contribution in [0.1, 0.15) is 16.7 Å². The van der Waals surface area contributed by atoms with Gasteiger partial charge < -0.3 is 14.8 Å². The summed E-state index contributed by atoms with van der Waals surface area (Å²) in [6.07, 6.45) is 0.285. The van der Waals surface area contributed by atoms with Gasteiger partial charge in [-0.2, -0.15) is 0 Å². The van der Waals surface area contributed by atoms with E-state index in [0.29, 0.717) is 11.5 Å². The SMILES string of the molecule is COc1ccc(CC(=O)Nc2cccc(C)c2C)cc1OC. The Hall–Kier alpha value is -2.49. The van der Waals surface area contributed by atoms with E-state index in [0.717, 1.165) is 22.4 Å². The lowest BCUT2D eigenvalue weighted by molar-refractivity contribution is -0.115. The molecule has 22 heavy (non-hydrogen) atoms. The number of carbonyl (C=O) groups excluding carboxylic acids is 1. The molecule has 4 heteroatoms. The summed E-state index contributed by atoms with van der Waals surface area (Å²) >= 11 is 0. The van der Waals surface area contributed by atoms with E-state index in [4.69, 9.17) is 9.47 Å². The lowest BCUT2D eigenvalue weighted by Gasteiger charge is -2.12. The molecule has 2 aromatic rings. The molecule has 0 atom stereocenters. The largest absolute Gasteiger partial charge is 0.493 e. The van der Waals surface area contributed by atoms with Crippen LogP contribution in [0.3, 0.4) is 0 Å². The fourth-order valence-electron chi connectivity index (χ4n) is 2.26. The maximum atomic E-state index is 12.2. The van der Waals surface area contributed by atoms with Crippen molar-refractivity contribution < 1.29 is 14.3 Å². The van der Waals surface area contributed by atoms with Crippen molar-refractivity contribution in [2.45, 2.75) is 20.3 Å². The number of anilines is 1. The molecule has 4 nitrogen and oxygen atoms in total. The first-order chi connectivity index (χ1) is 10.5. The fourth-order valence-corrected chi connectivity index (χ4v) is 2.26. The molecule has 1 N–H and O–H groups in total. The second-order valence-electron chi connectivity index (χ2n) is 5.16. The Bertz CT molecular complexity index is 680. The third-order valence-corrected chi connectivity index (χ3v) is 3.69. The number of nitrogens with one attached hydrogen (secondary N) is 1. The molecule has 0 saturated carbocycles. The molecule has 0 aromatic heterocycles. The van der Waals surface area contributed by atoms with E-state index in [9.17, 15) is 4.79 Å². The number of methoxy groups -OCH3 is 2. The maximum Gasteiger partial charge on any atom is 0.228 e. The summed E-state index contributed by atoms with van der Waals surface area (Å²) < 4.78 is 10.5. The first-order valence-electron chi connectivity index (χ1n) is 7.12. The van der Waals surface area contributed by atoms with E-state index in [1.54, 1.807) is 20.3 Å². The van der Waals surface area contributed by atoms with Gasteiger partial charge >= 0.3 is 0 Å². The van der Waals surface area contributed by atoms with Gasteiger partial charge in [0.15, 0.2) is 11.5 Å². The highest BCUT2D eigenvalue weighted by Crippen LogP contribution is 2.28. The van der Waals surface area contributed by atoms with Crippen LogP contribution in [-0.4, -0.2) is 20.1 Å². The molecule has 2 rings (SSSR count). The van der Waals surface area contributed by atoms with Crippen molar-refractivity contribution >= 4 is 11.6 Å². The van der Waals surface area contributed by atoms with Crippen LogP contribution < -0.4 is 14.8 Å². The topological polar surface area (TPSA) is 47.6 Å². The van der Waals surface area contributed by atoms with Crippen LogP contribution in [0.4, 0.5) is 5.69 Å². The molecule has 0 fully saturated rings. The van der Waals surface area contributed by atoms with Gasteiger partial charge in [0.25, 0.3) is 0 Å². The zero-order chi connectivity index (χ0) is 16.1. The van der Waals surface area contributed by atoms with Gasteiger partial charge in [-0.3, -0.25) is 4.79 Å². The number of benzene rings is 2. The Morgan fingerprint density at radius 3 is 2.45 bits per heavy atom.